The van der Waals surface area contributed by atoms with E-state index < -0.39 is 0 Å². The maximum absolute atomic E-state index is 12.5. The molecule has 4 rings (SSSR count). The lowest BCUT2D eigenvalue weighted by molar-refractivity contribution is -0.121. The van der Waals surface area contributed by atoms with Gasteiger partial charge in [0.15, 0.2) is 17.3 Å². The Hall–Kier alpha value is -2.38. The van der Waals surface area contributed by atoms with Gasteiger partial charge in [-0.3, -0.25) is 9.59 Å². The number of carbonyl (C=O) groups is 2. The van der Waals surface area contributed by atoms with Crippen LogP contribution >= 0.6 is 15.9 Å². The number of nitrogens with one attached hydrogen (secondary N) is 1. The van der Waals surface area contributed by atoms with Crippen molar-refractivity contribution < 1.29 is 23.8 Å². The van der Waals surface area contributed by atoms with Gasteiger partial charge in [-0.05, 0) is 42.7 Å². The molecular weight excluding hydrogens is 450 g/mol. The SMILES string of the molecule is O=C(CCC(=O)c1ccc(Br)cc1)NCC1(c2ccc3c(c2)OCO3)CCOCC1. The summed E-state index contributed by atoms with van der Waals surface area (Å²) >= 11 is 3.36. The summed E-state index contributed by atoms with van der Waals surface area (Å²) in [6.07, 6.45) is 1.98. The molecule has 2 aliphatic rings. The molecule has 1 N–H and O–H groups in total. The first-order valence-electron chi connectivity index (χ1n) is 10.1. The molecule has 0 bridgehead atoms. The van der Waals surface area contributed by atoms with Gasteiger partial charge in [0.05, 0.1) is 0 Å². The molecule has 30 heavy (non-hydrogen) atoms. The largest absolute Gasteiger partial charge is 0.454 e. The Labute approximate surface area is 184 Å². The number of halogens is 1. The monoisotopic (exact) mass is 473 g/mol. The Balaban J connectivity index is 1.37. The first kappa shape index (κ1) is 20.9. The van der Waals surface area contributed by atoms with Crippen LogP contribution in [0.5, 0.6) is 11.5 Å². The number of ketones is 1. The molecule has 2 heterocycles. The van der Waals surface area contributed by atoms with Crippen molar-refractivity contribution in [2.45, 2.75) is 31.1 Å². The topological polar surface area (TPSA) is 73.9 Å². The summed E-state index contributed by atoms with van der Waals surface area (Å²) in [5, 5.41) is 3.05. The van der Waals surface area contributed by atoms with E-state index in [1.54, 1.807) is 12.1 Å². The van der Waals surface area contributed by atoms with E-state index in [-0.39, 0.29) is 36.7 Å². The second-order valence-corrected chi connectivity index (χ2v) is 8.58. The normalized spacial score (nSPS) is 16.8. The number of ether oxygens (including phenoxy) is 3. The molecule has 0 aromatic heterocycles. The lowest BCUT2D eigenvalue weighted by Gasteiger charge is -2.38. The van der Waals surface area contributed by atoms with Gasteiger partial charge in [-0.25, -0.2) is 0 Å². The van der Waals surface area contributed by atoms with E-state index in [1.807, 2.05) is 30.3 Å². The number of rotatable bonds is 7. The second kappa shape index (κ2) is 9.18. The molecule has 0 aliphatic carbocycles. The van der Waals surface area contributed by atoms with Crippen LogP contribution in [-0.4, -0.2) is 38.2 Å². The summed E-state index contributed by atoms with van der Waals surface area (Å²) in [7, 11) is 0. The molecule has 0 saturated carbocycles. The van der Waals surface area contributed by atoms with Crippen LogP contribution in [0.4, 0.5) is 0 Å². The zero-order chi connectivity index (χ0) is 21.0. The summed E-state index contributed by atoms with van der Waals surface area (Å²) in [6, 6.07) is 13.2. The first-order chi connectivity index (χ1) is 14.6. The zero-order valence-electron chi connectivity index (χ0n) is 16.6. The van der Waals surface area contributed by atoms with Crippen LogP contribution in [0, 0.1) is 0 Å². The van der Waals surface area contributed by atoms with Gasteiger partial charge in [0.2, 0.25) is 12.7 Å². The van der Waals surface area contributed by atoms with E-state index >= 15 is 0 Å². The van der Waals surface area contributed by atoms with Gasteiger partial charge in [-0.2, -0.15) is 0 Å². The average Bonchev–Trinajstić information content (AvgIpc) is 3.25. The van der Waals surface area contributed by atoms with Crippen molar-refractivity contribution in [3.8, 4) is 11.5 Å². The lowest BCUT2D eigenvalue weighted by Crippen LogP contribution is -2.44. The van der Waals surface area contributed by atoms with E-state index in [4.69, 9.17) is 14.2 Å². The highest BCUT2D eigenvalue weighted by Gasteiger charge is 2.36. The number of benzene rings is 2. The fourth-order valence-electron chi connectivity index (χ4n) is 3.92. The summed E-state index contributed by atoms with van der Waals surface area (Å²) in [5.41, 5.74) is 1.51. The molecule has 7 heteroatoms. The van der Waals surface area contributed by atoms with E-state index in [2.05, 4.69) is 21.2 Å². The quantitative estimate of drug-likeness (QED) is 0.615. The van der Waals surface area contributed by atoms with Gasteiger partial charge >= 0.3 is 0 Å². The van der Waals surface area contributed by atoms with E-state index in [0.717, 1.165) is 34.4 Å². The summed E-state index contributed by atoms with van der Waals surface area (Å²) < 4.78 is 17.4. The second-order valence-electron chi connectivity index (χ2n) is 7.67. The van der Waals surface area contributed by atoms with Crippen LogP contribution in [-0.2, 0) is 14.9 Å². The maximum Gasteiger partial charge on any atom is 0.231 e. The fourth-order valence-corrected chi connectivity index (χ4v) is 4.18. The van der Waals surface area contributed by atoms with Gasteiger partial charge in [-0.15, -0.1) is 0 Å². The number of hydrogen-bond donors (Lipinski definition) is 1. The van der Waals surface area contributed by atoms with E-state index in [1.165, 1.54) is 0 Å². The number of amides is 1. The maximum atomic E-state index is 12.5. The van der Waals surface area contributed by atoms with Crippen LogP contribution in [0.25, 0.3) is 0 Å². The van der Waals surface area contributed by atoms with E-state index in [9.17, 15) is 9.59 Å². The third-order valence-electron chi connectivity index (χ3n) is 5.80. The zero-order valence-corrected chi connectivity index (χ0v) is 18.2. The number of carbonyl (C=O) groups excluding carboxylic acids is 2. The standard InChI is InChI=1S/C23H24BrNO5/c24-18-4-1-16(2-5-18)19(26)6-8-22(27)25-14-23(9-11-28-12-10-23)17-3-7-20-21(13-17)30-15-29-20/h1-5,7,13H,6,8-12,14-15H2,(H,25,27). The molecule has 1 fully saturated rings. The Morgan fingerprint density at radius 3 is 2.47 bits per heavy atom. The number of fused-ring (bicyclic) bond motifs is 1. The third-order valence-corrected chi connectivity index (χ3v) is 6.33. The first-order valence-corrected chi connectivity index (χ1v) is 10.9. The van der Waals surface area contributed by atoms with Crippen LogP contribution < -0.4 is 14.8 Å². The third kappa shape index (κ3) is 4.68. The van der Waals surface area contributed by atoms with Crippen LogP contribution in [0.2, 0.25) is 0 Å². The van der Waals surface area contributed by atoms with Crippen molar-refractivity contribution in [3.05, 3.63) is 58.1 Å². The highest BCUT2D eigenvalue weighted by Crippen LogP contribution is 2.40. The average molecular weight is 474 g/mol. The predicted molar refractivity (Wildman–Crippen MR) is 115 cm³/mol. The highest BCUT2D eigenvalue weighted by atomic mass is 79.9. The minimum Gasteiger partial charge on any atom is -0.454 e. The molecule has 0 radical (unpaired) electrons. The van der Waals surface area contributed by atoms with Crippen molar-refractivity contribution in [1.29, 1.82) is 0 Å². The predicted octanol–water partition coefficient (Wildman–Crippen LogP) is 4.01. The van der Waals surface area contributed by atoms with Crippen molar-refractivity contribution in [2.75, 3.05) is 26.6 Å². The smallest absolute Gasteiger partial charge is 0.231 e. The molecule has 158 valence electrons. The van der Waals surface area contributed by atoms with Gasteiger partial charge in [0.25, 0.3) is 0 Å². The van der Waals surface area contributed by atoms with Crippen LogP contribution in [0.15, 0.2) is 46.9 Å². The molecule has 2 aromatic carbocycles. The summed E-state index contributed by atoms with van der Waals surface area (Å²) in [6.45, 7) is 2.03. The van der Waals surface area contributed by atoms with Crippen molar-refractivity contribution in [2.24, 2.45) is 0 Å². The lowest BCUT2D eigenvalue weighted by atomic mass is 9.74. The molecule has 6 nitrogen and oxygen atoms in total. The Morgan fingerprint density at radius 1 is 0.967 bits per heavy atom. The molecule has 1 amide bonds. The van der Waals surface area contributed by atoms with Crippen molar-refractivity contribution in [3.63, 3.8) is 0 Å². The molecule has 2 aliphatic heterocycles. The number of Topliss-reactive ketones (excluding diaryl/α,β-unsaturated/α-hetero) is 1. The molecule has 1 saturated heterocycles. The van der Waals surface area contributed by atoms with Gasteiger partial charge in [-0.1, -0.05) is 34.1 Å². The van der Waals surface area contributed by atoms with Gasteiger partial charge in [0.1, 0.15) is 0 Å². The van der Waals surface area contributed by atoms with Crippen molar-refractivity contribution >= 4 is 27.6 Å². The Bertz CT molecular complexity index is 922. The van der Waals surface area contributed by atoms with Gasteiger partial charge < -0.3 is 19.5 Å². The fraction of sp³-hybridized carbons (Fsp3) is 0.391. The molecule has 2 aromatic rings. The molecular formula is C23H24BrNO5. The van der Waals surface area contributed by atoms with Crippen molar-refractivity contribution in [1.82, 2.24) is 5.32 Å². The summed E-state index contributed by atoms with van der Waals surface area (Å²) in [4.78, 5) is 24.8. The van der Waals surface area contributed by atoms with E-state index in [0.29, 0.717) is 25.3 Å². The molecule has 0 spiro atoms. The number of hydrogen-bond acceptors (Lipinski definition) is 5. The molecule has 0 atom stereocenters. The highest BCUT2D eigenvalue weighted by molar-refractivity contribution is 9.10. The summed E-state index contributed by atoms with van der Waals surface area (Å²) in [5.74, 6) is 1.34. The Morgan fingerprint density at radius 2 is 1.70 bits per heavy atom. The Kier molecular flexibility index (Phi) is 6.39. The minimum atomic E-state index is -0.218. The molecule has 0 unspecified atom stereocenters. The minimum absolute atomic E-state index is 0.0331. The van der Waals surface area contributed by atoms with Crippen LogP contribution in [0.3, 0.4) is 0 Å². The van der Waals surface area contributed by atoms with Crippen LogP contribution in [0.1, 0.15) is 41.6 Å². The van der Waals surface area contributed by atoms with Gasteiger partial charge in [0, 0.05) is 48.1 Å².